The van der Waals surface area contributed by atoms with Crippen LogP contribution in [0.15, 0.2) is 42.7 Å². The average molecular weight is 245 g/mol. The van der Waals surface area contributed by atoms with E-state index in [1.165, 1.54) is 0 Å². The molecule has 0 saturated heterocycles. The molecule has 94 valence electrons. The van der Waals surface area contributed by atoms with E-state index in [1.807, 2.05) is 30.3 Å². The second kappa shape index (κ2) is 6.51. The number of carbonyl (C=O) groups excluding carboxylic acids is 1. The van der Waals surface area contributed by atoms with Gasteiger partial charge in [0.25, 0.3) is 0 Å². The Labute approximate surface area is 105 Å². The van der Waals surface area contributed by atoms with Crippen LogP contribution in [-0.4, -0.2) is 34.0 Å². The molecule has 2 rings (SSSR count). The summed E-state index contributed by atoms with van der Waals surface area (Å²) in [6, 6.07) is 9.38. The van der Waals surface area contributed by atoms with Crippen molar-refractivity contribution < 1.29 is 4.79 Å². The number of nitrogens with one attached hydrogen (secondary N) is 2. The second-order valence-corrected chi connectivity index (χ2v) is 3.76. The standard InChI is InChI=1S/C12H15N5O/c18-12(15-11-4-2-1-3-5-11)10-13-6-8-17-9-7-14-16-17/h1-5,7,9,13H,6,8,10H2,(H,15,18). The van der Waals surface area contributed by atoms with Crippen molar-refractivity contribution in [3.63, 3.8) is 0 Å². The molecule has 0 bridgehead atoms. The number of amides is 1. The summed E-state index contributed by atoms with van der Waals surface area (Å²) >= 11 is 0. The molecule has 2 N–H and O–H groups in total. The van der Waals surface area contributed by atoms with Crippen LogP contribution in [0.25, 0.3) is 0 Å². The molecule has 18 heavy (non-hydrogen) atoms. The number of benzene rings is 1. The highest BCUT2D eigenvalue weighted by atomic mass is 16.1. The highest BCUT2D eigenvalue weighted by molar-refractivity contribution is 5.92. The first-order valence-corrected chi connectivity index (χ1v) is 5.74. The van der Waals surface area contributed by atoms with E-state index >= 15 is 0 Å². The van der Waals surface area contributed by atoms with Gasteiger partial charge >= 0.3 is 0 Å². The molecule has 1 aromatic heterocycles. The fraction of sp³-hybridized carbons (Fsp3) is 0.250. The van der Waals surface area contributed by atoms with Crippen LogP contribution < -0.4 is 10.6 Å². The van der Waals surface area contributed by atoms with E-state index in [-0.39, 0.29) is 12.5 Å². The second-order valence-electron chi connectivity index (χ2n) is 3.76. The Hall–Kier alpha value is -2.21. The van der Waals surface area contributed by atoms with Crippen molar-refractivity contribution in [2.75, 3.05) is 18.4 Å². The molecule has 0 radical (unpaired) electrons. The van der Waals surface area contributed by atoms with Crippen LogP contribution in [-0.2, 0) is 11.3 Å². The summed E-state index contributed by atoms with van der Waals surface area (Å²) < 4.78 is 1.71. The molecule has 6 nitrogen and oxygen atoms in total. The van der Waals surface area contributed by atoms with Crippen LogP contribution in [0.5, 0.6) is 0 Å². The van der Waals surface area contributed by atoms with Crippen LogP contribution >= 0.6 is 0 Å². The summed E-state index contributed by atoms with van der Waals surface area (Å²) in [6.45, 7) is 1.65. The molecule has 0 spiro atoms. The molecular formula is C12H15N5O. The van der Waals surface area contributed by atoms with E-state index < -0.39 is 0 Å². The quantitative estimate of drug-likeness (QED) is 0.727. The van der Waals surface area contributed by atoms with Crippen molar-refractivity contribution in [2.24, 2.45) is 0 Å². The molecule has 1 aromatic carbocycles. The minimum absolute atomic E-state index is 0.0557. The third kappa shape index (κ3) is 3.99. The lowest BCUT2D eigenvalue weighted by molar-refractivity contribution is -0.115. The molecule has 0 aliphatic heterocycles. The third-order valence-corrected chi connectivity index (χ3v) is 2.33. The van der Waals surface area contributed by atoms with E-state index in [0.29, 0.717) is 13.1 Å². The van der Waals surface area contributed by atoms with Gasteiger partial charge in [0.05, 0.1) is 19.3 Å². The zero-order valence-electron chi connectivity index (χ0n) is 9.91. The third-order valence-electron chi connectivity index (χ3n) is 2.33. The number of hydrogen-bond acceptors (Lipinski definition) is 4. The number of carbonyl (C=O) groups is 1. The van der Waals surface area contributed by atoms with Crippen LogP contribution in [0.3, 0.4) is 0 Å². The van der Waals surface area contributed by atoms with E-state index in [1.54, 1.807) is 17.1 Å². The zero-order chi connectivity index (χ0) is 12.6. The number of aromatic nitrogens is 3. The minimum atomic E-state index is -0.0557. The van der Waals surface area contributed by atoms with Crippen molar-refractivity contribution in [3.05, 3.63) is 42.7 Å². The van der Waals surface area contributed by atoms with E-state index in [2.05, 4.69) is 20.9 Å². The normalized spacial score (nSPS) is 10.2. The average Bonchev–Trinajstić information content (AvgIpc) is 2.89. The monoisotopic (exact) mass is 245 g/mol. The maximum atomic E-state index is 11.6. The van der Waals surface area contributed by atoms with Crippen molar-refractivity contribution in [3.8, 4) is 0 Å². The molecule has 1 amide bonds. The van der Waals surface area contributed by atoms with Crippen molar-refractivity contribution in [2.45, 2.75) is 6.54 Å². The van der Waals surface area contributed by atoms with Gasteiger partial charge in [-0.15, -0.1) is 5.10 Å². The van der Waals surface area contributed by atoms with E-state index in [9.17, 15) is 4.79 Å². The van der Waals surface area contributed by atoms with Gasteiger partial charge in [-0.1, -0.05) is 23.4 Å². The lowest BCUT2D eigenvalue weighted by Crippen LogP contribution is -2.30. The molecule has 0 unspecified atom stereocenters. The lowest BCUT2D eigenvalue weighted by Gasteiger charge is -2.06. The van der Waals surface area contributed by atoms with E-state index in [0.717, 1.165) is 5.69 Å². The SMILES string of the molecule is O=C(CNCCn1ccnn1)Nc1ccccc1. The lowest BCUT2D eigenvalue weighted by atomic mass is 10.3. The molecule has 0 fully saturated rings. The Kier molecular flexibility index (Phi) is 4.43. The Morgan fingerprint density at radius 1 is 1.28 bits per heavy atom. The Balaban J connectivity index is 1.63. The molecule has 0 aliphatic rings. The van der Waals surface area contributed by atoms with Gasteiger partial charge in [-0.2, -0.15) is 0 Å². The van der Waals surface area contributed by atoms with Gasteiger partial charge in [0.2, 0.25) is 5.91 Å². The predicted octanol–water partition coefficient (Wildman–Crippen LogP) is 0.506. The highest BCUT2D eigenvalue weighted by Gasteiger charge is 2.00. The van der Waals surface area contributed by atoms with Gasteiger partial charge in [0.15, 0.2) is 0 Å². The van der Waals surface area contributed by atoms with Gasteiger partial charge < -0.3 is 10.6 Å². The largest absolute Gasteiger partial charge is 0.325 e. The van der Waals surface area contributed by atoms with Gasteiger partial charge in [-0.3, -0.25) is 9.48 Å². The fourth-order valence-corrected chi connectivity index (χ4v) is 1.47. The number of hydrogen-bond donors (Lipinski definition) is 2. The van der Waals surface area contributed by atoms with Crippen molar-refractivity contribution in [1.82, 2.24) is 20.3 Å². The van der Waals surface area contributed by atoms with E-state index in [4.69, 9.17) is 0 Å². The molecule has 0 aliphatic carbocycles. The van der Waals surface area contributed by atoms with Gasteiger partial charge in [0, 0.05) is 18.4 Å². The van der Waals surface area contributed by atoms with Crippen LogP contribution in [0.4, 0.5) is 5.69 Å². The smallest absolute Gasteiger partial charge is 0.238 e. The first-order valence-electron chi connectivity index (χ1n) is 5.74. The fourth-order valence-electron chi connectivity index (χ4n) is 1.47. The van der Waals surface area contributed by atoms with Crippen LogP contribution in [0, 0.1) is 0 Å². The summed E-state index contributed by atoms with van der Waals surface area (Å²) in [4.78, 5) is 11.6. The Morgan fingerprint density at radius 3 is 2.83 bits per heavy atom. The van der Waals surface area contributed by atoms with Gasteiger partial charge in [0.1, 0.15) is 0 Å². The first-order chi connectivity index (χ1) is 8.84. The van der Waals surface area contributed by atoms with Crippen LogP contribution in [0.1, 0.15) is 0 Å². The maximum Gasteiger partial charge on any atom is 0.238 e. The topological polar surface area (TPSA) is 71.8 Å². The maximum absolute atomic E-state index is 11.6. The summed E-state index contributed by atoms with van der Waals surface area (Å²) in [7, 11) is 0. The molecule has 6 heteroatoms. The van der Waals surface area contributed by atoms with Crippen molar-refractivity contribution >= 4 is 11.6 Å². The molecule has 1 heterocycles. The number of nitrogens with zero attached hydrogens (tertiary/aromatic N) is 3. The number of rotatable bonds is 6. The van der Waals surface area contributed by atoms with Crippen LogP contribution in [0.2, 0.25) is 0 Å². The minimum Gasteiger partial charge on any atom is -0.325 e. The zero-order valence-corrected chi connectivity index (χ0v) is 9.91. The number of anilines is 1. The molecular weight excluding hydrogens is 230 g/mol. The predicted molar refractivity (Wildman–Crippen MR) is 68.0 cm³/mol. The summed E-state index contributed by atoms with van der Waals surface area (Å²) in [5.74, 6) is -0.0557. The molecule has 0 atom stereocenters. The molecule has 2 aromatic rings. The Morgan fingerprint density at radius 2 is 2.11 bits per heavy atom. The van der Waals surface area contributed by atoms with Crippen molar-refractivity contribution in [1.29, 1.82) is 0 Å². The van der Waals surface area contributed by atoms with Gasteiger partial charge in [-0.25, -0.2) is 0 Å². The van der Waals surface area contributed by atoms with Gasteiger partial charge in [-0.05, 0) is 12.1 Å². The summed E-state index contributed by atoms with van der Waals surface area (Å²) in [5.41, 5.74) is 0.806. The highest BCUT2D eigenvalue weighted by Crippen LogP contribution is 2.03. The Bertz CT molecular complexity index is 468. The number of para-hydroxylation sites is 1. The summed E-state index contributed by atoms with van der Waals surface area (Å²) in [6.07, 6.45) is 3.41. The first kappa shape index (κ1) is 12.3. The summed E-state index contributed by atoms with van der Waals surface area (Å²) in [5, 5.41) is 13.4. The molecule has 0 saturated carbocycles.